The zero-order valence-electron chi connectivity index (χ0n) is 13.3. The second-order valence-corrected chi connectivity index (χ2v) is 6.91. The lowest BCUT2D eigenvalue weighted by Crippen LogP contribution is -2.11. The molecule has 2 N–H and O–H groups in total. The Bertz CT molecular complexity index is 987. The molecule has 0 aliphatic rings. The van der Waals surface area contributed by atoms with E-state index in [9.17, 15) is 9.59 Å². The molecule has 0 aliphatic heterocycles. The van der Waals surface area contributed by atoms with Gasteiger partial charge in [-0.05, 0) is 47.3 Å². The fourth-order valence-corrected chi connectivity index (χ4v) is 4.05. The summed E-state index contributed by atoms with van der Waals surface area (Å²) < 4.78 is 10.1. The van der Waals surface area contributed by atoms with E-state index >= 15 is 0 Å². The van der Waals surface area contributed by atoms with Gasteiger partial charge in [-0.15, -0.1) is 0 Å². The van der Waals surface area contributed by atoms with Crippen LogP contribution in [0.25, 0.3) is 9.40 Å². The van der Waals surface area contributed by atoms with E-state index in [0.717, 1.165) is 9.40 Å². The van der Waals surface area contributed by atoms with E-state index in [0.29, 0.717) is 22.8 Å². The average molecular weight is 380 g/mol. The van der Waals surface area contributed by atoms with Crippen LogP contribution in [0.2, 0.25) is 0 Å². The Balaban J connectivity index is 1.55. The van der Waals surface area contributed by atoms with Crippen LogP contribution in [0.1, 0.15) is 20.7 Å². The maximum Gasteiger partial charge on any atom is 0.256 e. The SMILES string of the molecule is O=C(Nc1nsc2c(NC(=O)c3ccccc3)nsc12)c1ccccc1. The van der Waals surface area contributed by atoms with Crippen molar-refractivity contribution < 1.29 is 9.59 Å². The molecule has 0 bridgehead atoms. The Kier molecular flexibility index (Phi) is 4.42. The van der Waals surface area contributed by atoms with Crippen LogP contribution in [-0.2, 0) is 0 Å². The van der Waals surface area contributed by atoms with Gasteiger partial charge in [-0.2, -0.15) is 8.75 Å². The van der Waals surface area contributed by atoms with E-state index < -0.39 is 0 Å². The molecule has 2 amide bonds. The minimum Gasteiger partial charge on any atom is -0.304 e. The molecule has 6 nitrogen and oxygen atoms in total. The molecule has 2 aromatic heterocycles. The molecule has 26 heavy (non-hydrogen) atoms. The molecule has 4 aromatic rings. The minimum atomic E-state index is -0.235. The number of amides is 2. The smallest absolute Gasteiger partial charge is 0.256 e. The van der Waals surface area contributed by atoms with Gasteiger partial charge in [0, 0.05) is 11.1 Å². The van der Waals surface area contributed by atoms with Crippen LogP contribution in [0.5, 0.6) is 0 Å². The number of hydrogen-bond donors (Lipinski definition) is 2. The van der Waals surface area contributed by atoms with Crippen LogP contribution in [-0.4, -0.2) is 20.6 Å². The Morgan fingerprint density at radius 2 is 1.04 bits per heavy atom. The van der Waals surface area contributed by atoms with Crippen LogP contribution >= 0.6 is 23.1 Å². The number of aromatic nitrogens is 2. The summed E-state index contributed by atoms with van der Waals surface area (Å²) in [5.41, 5.74) is 1.10. The summed E-state index contributed by atoms with van der Waals surface area (Å²) in [6.07, 6.45) is 0. The normalized spacial score (nSPS) is 10.6. The molecule has 2 heterocycles. The van der Waals surface area contributed by atoms with Crippen LogP contribution in [0.3, 0.4) is 0 Å². The van der Waals surface area contributed by atoms with Gasteiger partial charge in [0.2, 0.25) is 0 Å². The van der Waals surface area contributed by atoms with E-state index in [4.69, 9.17) is 0 Å². The number of rotatable bonds is 4. The summed E-state index contributed by atoms with van der Waals surface area (Å²) in [4.78, 5) is 24.6. The van der Waals surface area contributed by atoms with Crippen molar-refractivity contribution in [3.63, 3.8) is 0 Å². The Labute approximate surface area is 156 Å². The third kappa shape index (κ3) is 3.19. The summed E-state index contributed by atoms with van der Waals surface area (Å²) in [5, 5.41) is 5.60. The van der Waals surface area contributed by atoms with E-state index in [1.54, 1.807) is 48.5 Å². The molecule has 0 unspecified atom stereocenters. The molecule has 0 atom stereocenters. The zero-order valence-corrected chi connectivity index (χ0v) is 14.9. The molecular weight excluding hydrogens is 368 g/mol. The molecule has 0 saturated carbocycles. The molecule has 0 fully saturated rings. The fourth-order valence-electron chi connectivity index (χ4n) is 2.35. The van der Waals surface area contributed by atoms with E-state index in [2.05, 4.69) is 19.4 Å². The second-order valence-electron chi connectivity index (χ2n) is 5.36. The second kappa shape index (κ2) is 7.03. The highest BCUT2D eigenvalue weighted by molar-refractivity contribution is 7.23. The Morgan fingerprint density at radius 3 is 1.42 bits per heavy atom. The molecule has 4 rings (SSSR count). The van der Waals surface area contributed by atoms with Gasteiger partial charge >= 0.3 is 0 Å². The maximum atomic E-state index is 12.3. The lowest BCUT2D eigenvalue weighted by molar-refractivity contribution is 0.101. The third-order valence-corrected chi connectivity index (χ3v) is 5.47. The summed E-state index contributed by atoms with van der Waals surface area (Å²) in [7, 11) is 0. The highest BCUT2D eigenvalue weighted by atomic mass is 32.1. The molecule has 0 radical (unpaired) electrons. The number of nitrogens with one attached hydrogen (secondary N) is 2. The van der Waals surface area contributed by atoms with Gasteiger partial charge in [-0.3, -0.25) is 9.59 Å². The minimum absolute atomic E-state index is 0.235. The van der Waals surface area contributed by atoms with Gasteiger partial charge in [-0.1, -0.05) is 36.4 Å². The van der Waals surface area contributed by atoms with E-state index in [1.807, 2.05) is 12.1 Å². The van der Waals surface area contributed by atoms with Gasteiger partial charge in [0.15, 0.2) is 11.6 Å². The average Bonchev–Trinajstić information content (AvgIpc) is 3.27. The van der Waals surface area contributed by atoms with Crippen LogP contribution in [0.4, 0.5) is 11.6 Å². The first-order valence-electron chi connectivity index (χ1n) is 7.70. The predicted molar refractivity (Wildman–Crippen MR) is 104 cm³/mol. The lowest BCUT2D eigenvalue weighted by Gasteiger charge is -2.01. The number of carbonyl (C=O) groups excluding carboxylic acids is 2. The van der Waals surface area contributed by atoms with Crippen molar-refractivity contribution in [2.75, 3.05) is 10.6 Å². The summed E-state index contributed by atoms with van der Waals surface area (Å²) in [6, 6.07) is 17.8. The first-order chi connectivity index (χ1) is 12.7. The van der Waals surface area contributed by atoms with Crippen molar-refractivity contribution in [1.82, 2.24) is 8.75 Å². The molecule has 128 valence electrons. The van der Waals surface area contributed by atoms with E-state index in [1.165, 1.54) is 23.1 Å². The largest absolute Gasteiger partial charge is 0.304 e. The van der Waals surface area contributed by atoms with Gasteiger partial charge in [0.1, 0.15) is 9.40 Å². The number of hydrogen-bond acceptors (Lipinski definition) is 6. The molecule has 2 aromatic carbocycles. The van der Waals surface area contributed by atoms with Gasteiger partial charge < -0.3 is 10.6 Å². The lowest BCUT2D eigenvalue weighted by atomic mass is 10.2. The molecule has 8 heteroatoms. The predicted octanol–water partition coefficient (Wildman–Crippen LogP) is 4.26. The van der Waals surface area contributed by atoms with Gasteiger partial charge in [0.05, 0.1) is 0 Å². The van der Waals surface area contributed by atoms with Crippen molar-refractivity contribution in [3.05, 3.63) is 71.8 Å². The van der Waals surface area contributed by atoms with Crippen molar-refractivity contribution >= 4 is 55.9 Å². The molecule has 0 spiro atoms. The summed E-state index contributed by atoms with van der Waals surface area (Å²) in [5.74, 6) is 0.440. The number of carbonyl (C=O) groups is 2. The quantitative estimate of drug-likeness (QED) is 0.554. The maximum absolute atomic E-state index is 12.3. The van der Waals surface area contributed by atoms with Crippen molar-refractivity contribution in [2.45, 2.75) is 0 Å². The number of fused-ring (bicyclic) bond motifs is 1. The fraction of sp³-hybridized carbons (Fsp3) is 0. The monoisotopic (exact) mass is 380 g/mol. The summed E-state index contributed by atoms with van der Waals surface area (Å²) in [6.45, 7) is 0. The van der Waals surface area contributed by atoms with Gasteiger partial charge in [0.25, 0.3) is 11.8 Å². The van der Waals surface area contributed by atoms with Crippen molar-refractivity contribution in [2.24, 2.45) is 0 Å². The Hall–Kier alpha value is -3.10. The molecule has 0 saturated heterocycles. The number of benzene rings is 2. The first kappa shape index (κ1) is 16.4. The third-order valence-electron chi connectivity index (χ3n) is 3.63. The molecular formula is C18H12N4O2S2. The highest BCUT2D eigenvalue weighted by Gasteiger charge is 2.18. The summed E-state index contributed by atoms with van der Waals surface area (Å²) >= 11 is 2.38. The van der Waals surface area contributed by atoms with Gasteiger partial charge in [-0.25, -0.2) is 0 Å². The highest BCUT2D eigenvalue weighted by Crippen LogP contribution is 2.36. The number of anilines is 2. The van der Waals surface area contributed by atoms with Crippen LogP contribution < -0.4 is 10.6 Å². The number of nitrogens with zero attached hydrogens (tertiary/aromatic N) is 2. The molecule has 0 aliphatic carbocycles. The zero-order chi connectivity index (χ0) is 17.9. The standard InChI is InChI=1S/C18H12N4O2S2/c23-17(11-7-3-1-4-8-11)19-15-13-14(26-21-15)16(22-25-13)20-18(24)12-9-5-2-6-10-12/h1-10H,(H,19,21,23)(H,20,22,24). The van der Waals surface area contributed by atoms with Crippen LogP contribution in [0.15, 0.2) is 60.7 Å². The van der Waals surface area contributed by atoms with Crippen molar-refractivity contribution in [1.29, 1.82) is 0 Å². The van der Waals surface area contributed by atoms with E-state index in [-0.39, 0.29) is 11.8 Å². The van der Waals surface area contributed by atoms with Crippen molar-refractivity contribution in [3.8, 4) is 0 Å². The van der Waals surface area contributed by atoms with Crippen LogP contribution in [0, 0.1) is 0 Å². The Morgan fingerprint density at radius 1 is 0.654 bits per heavy atom. The topological polar surface area (TPSA) is 84.0 Å². The first-order valence-corrected chi connectivity index (χ1v) is 9.25.